The van der Waals surface area contributed by atoms with Crippen LogP contribution >= 0.6 is 0 Å². The average molecular weight is 609 g/mol. The summed E-state index contributed by atoms with van der Waals surface area (Å²) >= 11 is 0. The maximum Gasteiger partial charge on any atom is 0.331 e. The standard InChI is InChI=1S/C35H44O9/c1-5-6-7-8-9-10-19-40-27-16-13-26(21-29(27)39-4)15-18-33(37)44-31-23-42-34-30(22-41-35(31)34)43-32(36)17-14-25-12-11-24(2)28(20-25)38-3/h11-18,20-21,30-31,34-35H,5-10,19,22-23H2,1-4H3/b17-14+,18-15+/t30-,31+,34?,35?/m1/s1. The second-order valence-corrected chi connectivity index (χ2v) is 11.0. The molecule has 9 nitrogen and oxygen atoms in total. The monoisotopic (exact) mass is 608 g/mol. The van der Waals surface area contributed by atoms with Gasteiger partial charge in [0.05, 0.1) is 34.0 Å². The van der Waals surface area contributed by atoms with Gasteiger partial charge in [0, 0.05) is 12.2 Å². The van der Waals surface area contributed by atoms with E-state index in [-0.39, 0.29) is 13.2 Å². The van der Waals surface area contributed by atoms with Gasteiger partial charge in [0.15, 0.2) is 23.7 Å². The normalized spacial score (nSPS) is 21.0. The van der Waals surface area contributed by atoms with Crippen LogP contribution in [0.15, 0.2) is 48.6 Å². The maximum absolute atomic E-state index is 12.6. The van der Waals surface area contributed by atoms with Crippen LogP contribution in [-0.4, -0.2) is 70.4 Å². The number of benzene rings is 2. The number of rotatable bonds is 16. The fourth-order valence-corrected chi connectivity index (χ4v) is 5.25. The fraction of sp³-hybridized carbons (Fsp3) is 0.486. The Morgan fingerprint density at radius 3 is 1.89 bits per heavy atom. The van der Waals surface area contributed by atoms with Gasteiger partial charge in [-0.1, -0.05) is 57.2 Å². The van der Waals surface area contributed by atoms with Crippen LogP contribution in [0.25, 0.3) is 12.2 Å². The number of ether oxygens (including phenoxy) is 7. The Kier molecular flexibility index (Phi) is 12.7. The van der Waals surface area contributed by atoms with E-state index in [0.29, 0.717) is 18.1 Å². The van der Waals surface area contributed by atoms with Gasteiger partial charge >= 0.3 is 11.9 Å². The fourth-order valence-electron chi connectivity index (χ4n) is 5.25. The van der Waals surface area contributed by atoms with Crippen LogP contribution in [0.2, 0.25) is 0 Å². The van der Waals surface area contributed by atoms with E-state index in [2.05, 4.69) is 6.92 Å². The first kappa shape index (κ1) is 33.1. The molecule has 238 valence electrons. The molecule has 0 amide bonds. The molecule has 0 spiro atoms. The number of carbonyl (C=O) groups is 2. The number of carbonyl (C=O) groups excluding carboxylic acids is 2. The summed E-state index contributed by atoms with van der Waals surface area (Å²) in [6.07, 6.45) is 11.0. The quantitative estimate of drug-likeness (QED) is 0.127. The van der Waals surface area contributed by atoms with E-state index in [4.69, 9.17) is 33.2 Å². The second kappa shape index (κ2) is 16.9. The molecule has 4 rings (SSSR count). The van der Waals surface area contributed by atoms with Crippen LogP contribution in [0.4, 0.5) is 0 Å². The second-order valence-electron chi connectivity index (χ2n) is 11.0. The smallest absolute Gasteiger partial charge is 0.331 e. The largest absolute Gasteiger partial charge is 0.496 e. The van der Waals surface area contributed by atoms with Crippen molar-refractivity contribution >= 4 is 24.1 Å². The van der Waals surface area contributed by atoms with E-state index in [9.17, 15) is 9.59 Å². The molecule has 0 saturated carbocycles. The zero-order valence-electron chi connectivity index (χ0n) is 26.1. The average Bonchev–Trinajstić information content (AvgIpc) is 3.62. The minimum absolute atomic E-state index is 0.153. The molecule has 2 saturated heterocycles. The number of aryl methyl sites for hydroxylation is 1. The molecule has 0 bridgehead atoms. The lowest BCUT2D eigenvalue weighted by Crippen LogP contribution is -2.35. The molecule has 2 aromatic rings. The van der Waals surface area contributed by atoms with Crippen molar-refractivity contribution in [2.75, 3.05) is 34.0 Å². The highest BCUT2D eigenvalue weighted by Gasteiger charge is 2.51. The summed E-state index contributed by atoms with van der Waals surface area (Å²) in [5.41, 5.74) is 2.59. The van der Waals surface area contributed by atoms with E-state index in [1.165, 1.54) is 37.8 Å². The van der Waals surface area contributed by atoms with Crippen molar-refractivity contribution in [1.82, 2.24) is 0 Å². The van der Waals surface area contributed by atoms with E-state index >= 15 is 0 Å². The molecule has 9 heteroatoms. The molecule has 44 heavy (non-hydrogen) atoms. The van der Waals surface area contributed by atoms with E-state index in [0.717, 1.165) is 35.3 Å². The van der Waals surface area contributed by atoms with Crippen LogP contribution in [0.5, 0.6) is 17.2 Å². The molecule has 2 heterocycles. The first-order chi connectivity index (χ1) is 21.4. The summed E-state index contributed by atoms with van der Waals surface area (Å²) in [5.74, 6) is 0.979. The van der Waals surface area contributed by atoms with E-state index < -0.39 is 36.4 Å². The van der Waals surface area contributed by atoms with Crippen LogP contribution in [-0.2, 0) is 28.5 Å². The number of hydrogen-bond acceptors (Lipinski definition) is 9. The molecule has 0 aromatic heterocycles. The van der Waals surface area contributed by atoms with Crippen LogP contribution in [0.1, 0.15) is 62.1 Å². The van der Waals surface area contributed by atoms with Gasteiger partial charge in [-0.25, -0.2) is 9.59 Å². The van der Waals surface area contributed by atoms with Crippen molar-refractivity contribution in [3.05, 3.63) is 65.2 Å². The lowest BCUT2D eigenvalue weighted by molar-refractivity contribution is -0.149. The molecular weight excluding hydrogens is 564 g/mol. The Labute approximate surface area is 260 Å². The van der Waals surface area contributed by atoms with Gasteiger partial charge in [0.2, 0.25) is 0 Å². The zero-order chi connectivity index (χ0) is 31.3. The predicted molar refractivity (Wildman–Crippen MR) is 167 cm³/mol. The number of methoxy groups -OCH3 is 2. The van der Waals surface area contributed by atoms with Crippen molar-refractivity contribution in [2.45, 2.75) is 76.8 Å². The Bertz CT molecular complexity index is 1300. The van der Waals surface area contributed by atoms with Crippen molar-refractivity contribution in [2.24, 2.45) is 0 Å². The highest BCUT2D eigenvalue weighted by molar-refractivity contribution is 5.88. The van der Waals surface area contributed by atoms with Gasteiger partial charge in [-0.15, -0.1) is 0 Å². The summed E-state index contributed by atoms with van der Waals surface area (Å²) in [4.78, 5) is 25.1. The molecular formula is C35H44O9. The molecule has 0 radical (unpaired) electrons. The summed E-state index contributed by atoms with van der Waals surface area (Å²) in [6.45, 7) is 5.11. The Hall–Kier alpha value is -3.82. The number of hydrogen-bond donors (Lipinski definition) is 0. The molecule has 0 N–H and O–H groups in total. The molecule has 2 fully saturated rings. The number of unbranched alkanes of at least 4 members (excludes halogenated alkanes) is 5. The highest BCUT2D eigenvalue weighted by Crippen LogP contribution is 2.32. The van der Waals surface area contributed by atoms with E-state index in [1.807, 2.05) is 43.3 Å². The summed E-state index contributed by atoms with van der Waals surface area (Å²) in [7, 11) is 3.20. The van der Waals surface area contributed by atoms with Gasteiger partial charge in [0.1, 0.15) is 18.0 Å². The first-order valence-electron chi connectivity index (χ1n) is 15.4. The summed E-state index contributed by atoms with van der Waals surface area (Å²) in [5, 5.41) is 0. The molecule has 2 unspecified atom stereocenters. The lowest BCUT2D eigenvalue weighted by Gasteiger charge is -2.16. The zero-order valence-corrected chi connectivity index (χ0v) is 26.1. The maximum atomic E-state index is 12.6. The van der Waals surface area contributed by atoms with Crippen molar-refractivity contribution in [1.29, 1.82) is 0 Å². The predicted octanol–water partition coefficient (Wildman–Crippen LogP) is 6.10. The van der Waals surface area contributed by atoms with E-state index in [1.54, 1.807) is 26.4 Å². The molecule has 2 aromatic carbocycles. The minimum atomic E-state index is -0.608. The SMILES string of the molecule is CCCCCCCCOc1ccc(/C=C/C(=O)O[C@H]2COC3C2OC[C@H]3OC(=O)/C=C/c2ccc(C)c(OC)c2)cc1OC. The van der Waals surface area contributed by atoms with Gasteiger partial charge < -0.3 is 33.2 Å². The highest BCUT2D eigenvalue weighted by atomic mass is 16.7. The third-order valence-electron chi connectivity index (χ3n) is 7.70. The molecule has 0 aliphatic carbocycles. The van der Waals surface area contributed by atoms with Crippen LogP contribution in [0.3, 0.4) is 0 Å². The van der Waals surface area contributed by atoms with Crippen molar-refractivity contribution < 1.29 is 42.7 Å². The van der Waals surface area contributed by atoms with Gasteiger partial charge in [-0.05, 0) is 60.4 Å². The topological polar surface area (TPSA) is 98.8 Å². The van der Waals surface area contributed by atoms with Gasteiger partial charge in [-0.3, -0.25) is 0 Å². The first-order valence-corrected chi connectivity index (χ1v) is 15.4. The van der Waals surface area contributed by atoms with Crippen LogP contribution < -0.4 is 14.2 Å². The minimum Gasteiger partial charge on any atom is -0.496 e. The third-order valence-corrected chi connectivity index (χ3v) is 7.70. The lowest BCUT2D eigenvalue weighted by atomic mass is 10.1. The number of esters is 2. The van der Waals surface area contributed by atoms with Crippen molar-refractivity contribution in [3.63, 3.8) is 0 Å². The molecule has 2 aliphatic rings. The van der Waals surface area contributed by atoms with Crippen molar-refractivity contribution in [3.8, 4) is 17.2 Å². The Morgan fingerprint density at radius 2 is 1.30 bits per heavy atom. The third kappa shape index (κ3) is 9.34. The van der Waals surface area contributed by atoms with Gasteiger partial charge in [-0.2, -0.15) is 0 Å². The Balaban J connectivity index is 1.22. The molecule has 4 atom stereocenters. The number of fused-ring (bicyclic) bond motifs is 1. The van der Waals surface area contributed by atoms with Gasteiger partial charge in [0.25, 0.3) is 0 Å². The Morgan fingerprint density at radius 1 is 0.750 bits per heavy atom. The van der Waals surface area contributed by atoms with Crippen LogP contribution in [0, 0.1) is 6.92 Å². The summed E-state index contributed by atoms with van der Waals surface area (Å²) < 4.78 is 39.6. The summed E-state index contributed by atoms with van der Waals surface area (Å²) in [6, 6.07) is 11.2. The molecule has 2 aliphatic heterocycles.